The summed E-state index contributed by atoms with van der Waals surface area (Å²) in [6.45, 7) is 4.52. The van der Waals surface area contributed by atoms with Gasteiger partial charge in [0.1, 0.15) is 12.1 Å². The maximum absolute atomic E-state index is 10.7. The number of carboxylic acids is 1. The van der Waals surface area contributed by atoms with Crippen LogP contribution < -0.4 is 9.64 Å². The van der Waals surface area contributed by atoms with Gasteiger partial charge in [-0.1, -0.05) is 6.92 Å². The van der Waals surface area contributed by atoms with Crippen LogP contribution in [0.3, 0.4) is 0 Å². The molecule has 6 nitrogen and oxygen atoms in total. The molecule has 1 N–H and O–H groups in total. The Kier molecular flexibility index (Phi) is 5.78. The second kappa shape index (κ2) is 7.81. The largest absolute Gasteiger partial charge is 0.481 e. The summed E-state index contributed by atoms with van der Waals surface area (Å²) in [7, 11) is 0. The smallest absolute Gasteiger partial charge is 0.303 e. The summed E-state index contributed by atoms with van der Waals surface area (Å²) in [5.41, 5.74) is 0. The molecule has 0 spiro atoms. The Morgan fingerprint density at radius 2 is 2.38 bits per heavy atom. The van der Waals surface area contributed by atoms with Gasteiger partial charge in [-0.3, -0.25) is 4.79 Å². The van der Waals surface area contributed by atoms with Crippen LogP contribution in [0.5, 0.6) is 5.88 Å². The molecular weight excluding hydrogens is 270 g/mol. The van der Waals surface area contributed by atoms with Gasteiger partial charge in [0.25, 0.3) is 0 Å². The summed E-state index contributed by atoms with van der Waals surface area (Å²) in [5, 5.41) is 8.80. The molecule has 1 aliphatic rings. The molecule has 1 aromatic rings. The summed E-state index contributed by atoms with van der Waals surface area (Å²) < 4.78 is 5.54. The molecule has 6 heteroatoms. The maximum Gasteiger partial charge on any atom is 0.303 e. The summed E-state index contributed by atoms with van der Waals surface area (Å²) in [6.07, 6.45) is 5.61. The number of piperidine rings is 1. The van der Waals surface area contributed by atoms with Gasteiger partial charge in [0.2, 0.25) is 5.88 Å². The number of hydrogen-bond acceptors (Lipinski definition) is 5. The van der Waals surface area contributed by atoms with Crippen LogP contribution in [0.1, 0.15) is 39.0 Å². The fraction of sp³-hybridized carbons (Fsp3) is 0.667. The zero-order chi connectivity index (χ0) is 15.1. The number of anilines is 1. The van der Waals surface area contributed by atoms with Gasteiger partial charge in [-0.05, 0) is 31.6 Å². The summed E-state index contributed by atoms with van der Waals surface area (Å²) >= 11 is 0. The average molecular weight is 293 g/mol. The molecule has 1 fully saturated rings. The Morgan fingerprint density at radius 3 is 3.14 bits per heavy atom. The van der Waals surface area contributed by atoms with Gasteiger partial charge in [0, 0.05) is 25.6 Å². The Bertz CT molecular complexity index is 467. The quantitative estimate of drug-likeness (QED) is 0.831. The summed E-state index contributed by atoms with van der Waals surface area (Å²) in [6, 6.07) is 1.87. The van der Waals surface area contributed by atoms with Crippen LogP contribution >= 0.6 is 0 Å². The Morgan fingerprint density at radius 1 is 1.52 bits per heavy atom. The first-order valence-electron chi connectivity index (χ1n) is 7.60. The molecule has 1 atom stereocenters. The number of ether oxygens (including phenoxy) is 1. The molecule has 2 heterocycles. The second-order valence-corrected chi connectivity index (χ2v) is 5.45. The van der Waals surface area contributed by atoms with Crippen LogP contribution in [-0.4, -0.2) is 40.7 Å². The van der Waals surface area contributed by atoms with E-state index in [9.17, 15) is 4.79 Å². The lowest BCUT2D eigenvalue weighted by atomic mass is 9.93. The van der Waals surface area contributed by atoms with E-state index in [0.29, 0.717) is 18.4 Å². The molecule has 0 aliphatic carbocycles. The third kappa shape index (κ3) is 4.88. The van der Waals surface area contributed by atoms with E-state index in [1.807, 2.05) is 6.07 Å². The minimum atomic E-state index is -0.718. The molecule has 0 bridgehead atoms. The molecule has 0 radical (unpaired) electrons. The van der Waals surface area contributed by atoms with E-state index in [0.717, 1.165) is 44.6 Å². The van der Waals surface area contributed by atoms with Crippen molar-refractivity contribution >= 4 is 11.8 Å². The lowest BCUT2D eigenvalue weighted by molar-refractivity contribution is -0.137. The highest BCUT2D eigenvalue weighted by Crippen LogP contribution is 2.25. The molecule has 21 heavy (non-hydrogen) atoms. The number of aliphatic carboxylic acids is 1. The third-order valence-corrected chi connectivity index (χ3v) is 3.69. The minimum absolute atomic E-state index is 0.243. The number of hydrogen-bond donors (Lipinski definition) is 1. The van der Waals surface area contributed by atoms with E-state index in [1.54, 1.807) is 0 Å². The van der Waals surface area contributed by atoms with Gasteiger partial charge in [-0.15, -0.1) is 0 Å². The fourth-order valence-corrected chi connectivity index (χ4v) is 2.62. The molecule has 2 rings (SSSR count). The summed E-state index contributed by atoms with van der Waals surface area (Å²) in [4.78, 5) is 21.3. The van der Waals surface area contributed by atoms with Crippen LogP contribution in [0.4, 0.5) is 5.82 Å². The Labute approximate surface area is 125 Å². The lowest BCUT2D eigenvalue weighted by Gasteiger charge is -2.33. The van der Waals surface area contributed by atoms with Gasteiger partial charge >= 0.3 is 5.97 Å². The van der Waals surface area contributed by atoms with Crippen molar-refractivity contribution in [3.05, 3.63) is 12.4 Å². The molecule has 1 saturated heterocycles. The van der Waals surface area contributed by atoms with Crippen molar-refractivity contribution in [3.63, 3.8) is 0 Å². The van der Waals surface area contributed by atoms with E-state index in [4.69, 9.17) is 9.84 Å². The first-order chi connectivity index (χ1) is 10.2. The Balaban J connectivity index is 1.95. The standard InChI is InChI=1S/C15H23N3O3/c1-2-8-21-14-9-13(16-11-17-14)18-7-3-4-12(10-18)5-6-15(19)20/h9,11-12H,2-8,10H2,1H3,(H,19,20). The first-order valence-corrected chi connectivity index (χ1v) is 7.60. The zero-order valence-electron chi connectivity index (χ0n) is 12.5. The molecule has 1 aromatic heterocycles. The number of rotatable bonds is 7. The molecule has 116 valence electrons. The second-order valence-electron chi connectivity index (χ2n) is 5.45. The van der Waals surface area contributed by atoms with E-state index in [2.05, 4.69) is 21.8 Å². The topological polar surface area (TPSA) is 75.5 Å². The predicted molar refractivity (Wildman–Crippen MR) is 79.6 cm³/mol. The highest BCUT2D eigenvalue weighted by atomic mass is 16.5. The number of aromatic nitrogens is 2. The molecule has 0 saturated carbocycles. The van der Waals surface area contributed by atoms with Gasteiger partial charge in [-0.25, -0.2) is 9.97 Å². The van der Waals surface area contributed by atoms with Crippen LogP contribution in [0.25, 0.3) is 0 Å². The van der Waals surface area contributed by atoms with Crippen molar-refractivity contribution in [1.82, 2.24) is 9.97 Å². The first kappa shape index (κ1) is 15.5. The van der Waals surface area contributed by atoms with Crippen molar-refractivity contribution in [2.45, 2.75) is 39.0 Å². The zero-order valence-corrected chi connectivity index (χ0v) is 12.5. The van der Waals surface area contributed by atoms with Crippen LogP contribution in [0.15, 0.2) is 12.4 Å². The van der Waals surface area contributed by atoms with E-state index in [-0.39, 0.29) is 6.42 Å². The van der Waals surface area contributed by atoms with E-state index >= 15 is 0 Å². The van der Waals surface area contributed by atoms with Gasteiger partial charge in [-0.2, -0.15) is 0 Å². The number of carbonyl (C=O) groups is 1. The Hall–Kier alpha value is -1.85. The van der Waals surface area contributed by atoms with E-state index in [1.165, 1.54) is 6.33 Å². The molecule has 0 amide bonds. The maximum atomic E-state index is 10.7. The number of carboxylic acid groups (broad SMARTS) is 1. The molecule has 1 aliphatic heterocycles. The normalized spacial score (nSPS) is 18.5. The van der Waals surface area contributed by atoms with Crippen LogP contribution in [0.2, 0.25) is 0 Å². The van der Waals surface area contributed by atoms with Crippen molar-refractivity contribution < 1.29 is 14.6 Å². The summed E-state index contributed by atoms with van der Waals surface area (Å²) in [5.74, 6) is 1.18. The SMILES string of the molecule is CCCOc1cc(N2CCCC(CCC(=O)O)C2)ncn1. The van der Waals surface area contributed by atoms with Crippen molar-refractivity contribution in [2.75, 3.05) is 24.6 Å². The lowest BCUT2D eigenvalue weighted by Crippen LogP contribution is -2.36. The predicted octanol–water partition coefficient (Wildman–Crippen LogP) is 2.35. The van der Waals surface area contributed by atoms with Crippen molar-refractivity contribution in [3.8, 4) is 5.88 Å². The fourth-order valence-electron chi connectivity index (χ4n) is 2.62. The van der Waals surface area contributed by atoms with Crippen LogP contribution in [0, 0.1) is 5.92 Å². The van der Waals surface area contributed by atoms with Gasteiger partial charge in [0.15, 0.2) is 0 Å². The molecule has 1 unspecified atom stereocenters. The van der Waals surface area contributed by atoms with Crippen LogP contribution in [-0.2, 0) is 4.79 Å². The highest BCUT2D eigenvalue weighted by Gasteiger charge is 2.21. The highest BCUT2D eigenvalue weighted by molar-refractivity contribution is 5.66. The van der Waals surface area contributed by atoms with Crippen molar-refractivity contribution in [1.29, 1.82) is 0 Å². The third-order valence-electron chi connectivity index (χ3n) is 3.69. The average Bonchev–Trinajstić information content (AvgIpc) is 2.51. The molecule has 0 aromatic carbocycles. The number of nitrogens with zero attached hydrogens (tertiary/aromatic N) is 3. The van der Waals surface area contributed by atoms with Crippen molar-refractivity contribution in [2.24, 2.45) is 5.92 Å². The van der Waals surface area contributed by atoms with Gasteiger partial charge < -0.3 is 14.7 Å². The van der Waals surface area contributed by atoms with E-state index < -0.39 is 5.97 Å². The monoisotopic (exact) mass is 293 g/mol. The molecular formula is C15H23N3O3. The van der Waals surface area contributed by atoms with Gasteiger partial charge in [0.05, 0.1) is 6.61 Å². The minimum Gasteiger partial charge on any atom is -0.481 e.